The van der Waals surface area contributed by atoms with E-state index in [-0.39, 0.29) is 18.0 Å². The minimum absolute atomic E-state index is 0.233. The molecule has 1 unspecified atom stereocenters. The molecule has 0 bridgehead atoms. The fraction of sp³-hybridized carbons (Fsp3) is 0.273. The first-order chi connectivity index (χ1) is 16.2. The van der Waals surface area contributed by atoms with E-state index in [1.54, 1.807) is 62.8 Å². The van der Waals surface area contributed by atoms with E-state index in [4.69, 9.17) is 9.47 Å². The molecule has 0 saturated carbocycles. The van der Waals surface area contributed by atoms with Gasteiger partial charge in [0.05, 0.1) is 28.4 Å². The zero-order valence-corrected chi connectivity index (χ0v) is 21.5. The van der Waals surface area contributed by atoms with E-state index in [2.05, 4.69) is 50.2 Å². The van der Waals surface area contributed by atoms with Crippen LogP contribution in [0.2, 0.25) is 0 Å². The summed E-state index contributed by atoms with van der Waals surface area (Å²) in [6, 6.07) is 13.1. The number of nitrogens with zero attached hydrogens (tertiary/aromatic N) is 1. The van der Waals surface area contributed by atoms with E-state index in [9.17, 15) is 19.2 Å². The molecule has 0 aliphatic carbocycles. The summed E-state index contributed by atoms with van der Waals surface area (Å²) < 4.78 is 21.5. The number of halogens is 1. The number of alkyl halides is 1. The maximum absolute atomic E-state index is 11.8. The van der Waals surface area contributed by atoms with Crippen LogP contribution in [0, 0.1) is 0 Å². The fourth-order valence-corrected chi connectivity index (χ4v) is 2.65. The van der Waals surface area contributed by atoms with Crippen molar-refractivity contribution in [3.63, 3.8) is 0 Å². The second-order valence-electron chi connectivity index (χ2n) is 6.00. The SMILES string of the molecule is COC(=O)C(Br)C(=O)c1ccc(OC)cc1.COC(=O)CC(=O)c1ccc(OC)cc1.[B]=NS. The molecule has 181 valence electrons. The van der Waals surface area contributed by atoms with E-state index in [1.807, 2.05) is 0 Å². The van der Waals surface area contributed by atoms with Crippen molar-refractivity contribution < 1.29 is 38.1 Å². The van der Waals surface area contributed by atoms with Crippen LogP contribution in [-0.4, -0.2) is 64.4 Å². The van der Waals surface area contributed by atoms with Gasteiger partial charge in [-0.3, -0.25) is 19.2 Å². The van der Waals surface area contributed by atoms with Crippen molar-refractivity contribution in [1.29, 1.82) is 0 Å². The second-order valence-corrected chi connectivity index (χ2v) is 7.15. The van der Waals surface area contributed by atoms with Crippen LogP contribution in [0.15, 0.2) is 52.8 Å². The molecule has 1 radical (unpaired) electrons. The first kappa shape index (κ1) is 31.0. The predicted molar refractivity (Wildman–Crippen MR) is 133 cm³/mol. The fourth-order valence-electron chi connectivity index (χ4n) is 2.19. The van der Waals surface area contributed by atoms with Gasteiger partial charge in [0.25, 0.3) is 0 Å². The van der Waals surface area contributed by atoms with E-state index < -0.39 is 16.8 Å². The zero-order chi connectivity index (χ0) is 26.1. The van der Waals surface area contributed by atoms with Crippen molar-refractivity contribution in [2.45, 2.75) is 11.2 Å². The molecule has 0 amide bonds. The monoisotopic (exact) mass is 552 g/mol. The molecule has 1 atom stereocenters. The van der Waals surface area contributed by atoms with Gasteiger partial charge < -0.3 is 18.9 Å². The van der Waals surface area contributed by atoms with Crippen LogP contribution in [0.3, 0.4) is 0 Å². The van der Waals surface area contributed by atoms with Gasteiger partial charge in [0, 0.05) is 11.1 Å². The summed E-state index contributed by atoms with van der Waals surface area (Å²) in [5.41, 5.74) is 0.897. The molecule has 2 aromatic rings. The average Bonchev–Trinajstić information content (AvgIpc) is 2.88. The maximum atomic E-state index is 11.8. The van der Waals surface area contributed by atoms with Gasteiger partial charge in [0.15, 0.2) is 16.4 Å². The number of carbonyl (C=O) groups is 4. The number of methoxy groups -OCH3 is 4. The van der Waals surface area contributed by atoms with Gasteiger partial charge in [-0.25, -0.2) is 0 Å². The summed E-state index contributed by atoms with van der Waals surface area (Å²) in [4.78, 5) is 44.2. The van der Waals surface area contributed by atoms with Crippen molar-refractivity contribution in [2.24, 2.45) is 4.30 Å². The van der Waals surface area contributed by atoms with Gasteiger partial charge in [-0.1, -0.05) is 15.9 Å². The van der Waals surface area contributed by atoms with Gasteiger partial charge in [0.2, 0.25) is 0 Å². The molecular formula is C22H24BBrNO8S. The van der Waals surface area contributed by atoms with Crippen molar-refractivity contribution >= 4 is 59.9 Å². The van der Waals surface area contributed by atoms with Crippen molar-refractivity contribution in [3.05, 3.63) is 59.7 Å². The third kappa shape index (κ3) is 11.2. The molecule has 0 aliphatic heterocycles. The third-order valence-electron chi connectivity index (χ3n) is 3.96. The molecule has 0 saturated heterocycles. The molecule has 0 aromatic heterocycles. The number of benzene rings is 2. The number of thiol groups is 1. The van der Waals surface area contributed by atoms with Gasteiger partial charge in [-0.2, -0.15) is 0 Å². The van der Waals surface area contributed by atoms with Crippen LogP contribution >= 0.6 is 28.7 Å². The normalized spacial score (nSPS) is 10.0. The number of hydrogen-bond acceptors (Lipinski definition) is 10. The third-order valence-corrected chi connectivity index (χ3v) is 4.75. The Hall–Kier alpha value is -2.99. The first-order valence-corrected chi connectivity index (χ1v) is 10.7. The zero-order valence-electron chi connectivity index (χ0n) is 19.0. The molecular weight excluding hydrogens is 529 g/mol. The second kappa shape index (κ2) is 17.5. The average molecular weight is 553 g/mol. The molecule has 34 heavy (non-hydrogen) atoms. The van der Waals surface area contributed by atoms with Crippen LogP contribution in [0.25, 0.3) is 0 Å². The first-order valence-electron chi connectivity index (χ1n) is 9.37. The van der Waals surface area contributed by atoms with E-state index in [0.717, 1.165) is 0 Å². The number of rotatable bonds is 8. The molecule has 12 heteroatoms. The summed E-state index contributed by atoms with van der Waals surface area (Å²) in [7, 11) is 9.91. The number of ketones is 2. The van der Waals surface area contributed by atoms with Crippen molar-refractivity contribution in [1.82, 2.24) is 0 Å². The van der Waals surface area contributed by atoms with Crippen LogP contribution in [0.1, 0.15) is 27.1 Å². The van der Waals surface area contributed by atoms with Gasteiger partial charge >= 0.3 is 36.7 Å². The Bertz CT molecular complexity index is 954. The summed E-state index contributed by atoms with van der Waals surface area (Å²) in [6.45, 7) is 0. The molecule has 0 heterocycles. The number of Topliss-reactive ketones (excluding diaryl/α,β-unsaturated/α-hetero) is 2. The summed E-state index contributed by atoms with van der Waals surface area (Å²) in [5, 5.41) is 0. The minimum atomic E-state index is -0.967. The standard InChI is InChI=1S/C11H11BrO4.C11H12O4.BHNS/c1-15-8-5-3-7(4-6-8)10(13)9(12)11(14)16-2;1-14-9-5-3-8(4-6-9)10(12)7-11(13)15-2;1-2-3/h3-6,9H,1-2H3;3-6H,7H2,1-2H3;3H. The van der Waals surface area contributed by atoms with Crippen LogP contribution in [0.5, 0.6) is 11.5 Å². The Morgan fingerprint density at radius 2 is 1.26 bits per heavy atom. The van der Waals surface area contributed by atoms with E-state index in [1.165, 1.54) is 14.2 Å². The van der Waals surface area contributed by atoms with E-state index in [0.29, 0.717) is 22.6 Å². The number of esters is 2. The van der Waals surface area contributed by atoms with Crippen molar-refractivity contribution in [3.8, 4) is 11.5 Å². The van der Waals surface area contributed by atoms with Crippen LogP contribution in [-0.2, 0) is 19.1 Å². The molecule has 2 rings (SSSR count). The van der Waals surface area contributed by atoms with Gasteiger partial charge in [-0.05, 0) is 48.5 Å². The number of hydrogen-bond donors (Lipinski definition) is 1. The van der Waals surface area contributed by atoms with Gasteiger partial charge in [-0.15, -0.1) is 0 Å². The molecule has 0 fully saturated rings. The summed E-state index contributed by atoms with van der Waals surface area (Å²) in [6.07, 6.45) is -0.233. The number of carbonyl (C=O) groups excluding carboxylic acids is 4. The van der Waals surface area contributed by atoms with Crippen LogP contribution < -0.4 is 9.47 Å². The molecule has 0 spiro atoms. The van der Waals surface area contributed by atoms with Crippen molar-refractivity contribution in [2.75, 3.05) is 28.4 Å². The number of ether oxygens (including phenoxy) is 4. The quantitative estimate of drug-likeness (QED) is 0.132. The molecule has 0 aliphatic rings. The summed E-state index contributed by atoms with van der Waals surface area (Å²) in [5.74, 6) is -0.416. The van der Waals surface area contributed by atoms with Gasteiger partial charge in [0.1, 0.15) is 17.9 Å². The predicted octanol–water partition coefficient (Wildman–Crippen LogP) is 3.44. The Kier molecular flexibility index (Phi) is 16.0. The Morgan fingerprint density at radius 1 is 0.853 bits per heavy atom. The van der Waals surface area contributed by atoms with E-state index >= 15 is 0 Å². The Balaban J connectivity index is 0.000000575. The molecule has 0 N–H and O–H groups in total. The summed E-state index contributed by atoms with van der Waals surface area (Å²) >= 11 is 6.18. The Morgan fingerprint density at radius 3 is 1.62 bits per heavy atom. The topological polar surface area (TPSA) is 118 Å². The Labute approximate surface area is 212 Å². The molecule has 9 nitrogen and oxygen atoms in total. The van der Waals surface area contributed by atoms with Crippen LogP contribution in [0.4, 0.5) is 0 Å². The molecule has 2 aromatic carbocycles.